The molecule has 2 aromatic heterocycles. The fourth-order valence-corrected chi connectivity index (χ4v) is 3.91. The van der Waals surface area contributed by atoms with Crippen LogP contribution < -0.4 is 5.32 Å². The molecule has 2 aliphatic heterocycles. The number of pyridine rings is 1. The van der Waals surface area contributed by atoms with Crippen LogP contribution in [0, 0.1) is 0 Å². The highest BCUT2D eigenvalue weighted by atomic mass is 16.5. The van der Waals surface area contributed by atoms with Crippen molar-refractivity contribution in [3.8, 4) is 5.82 Å². The van der Waals surface area contributed by atoms with Crippen LogP contribution >= 0.6 is 0 Å². The number of nitrogens with zero attached hydrogens (tertiary/aromatic N) is 5. The van der Waals surface area contributed by atoms with Crippen molar-refractivity contribution in [2.45, 2.75) is 44.8 Å². The molecule has 2 aliphatic rings. The smallest absolute Gasteiger partial charge is 0.323 e. The minimum atomic E-state index is -0.139. The number of likely N-dealkylation sites (N-methyl/N-ethyl adjacent to an activating group) is 1. The maximum atomic E-state index is 13.1. The number of nitrogens with one attached hydrogen (secondary N) is 1. The van der Waals surface area contributed by atoms with Gasteiger partial charge in [-0.15, -0.1) is 0 Å². The van der Waals surface area contributed by atoms with Crippen molar-refractivity contribution in [2.75, 3.05) is 38.6 Å². The SMILES string of the molecule is CN1CCO[C@H]2CCN(C(=O)Nc3cc(C(C)(C)C)nn3-c3ccccn3)C[C@H]21. The number of anilines is 1. The van der Waals surface area contributed by atoms with Gasteiger partial charge in [0.1, 0.15) is 5.82 Å². The molecule has 0 aliphatic carbocycles. The molecule has 2 aromatic rings. The number of carbonyl (C=O) groups excluding carboxylic acids is 1. The van der Waals surface area contributed by atoms with Crippen LogP contribution in [0.5, 0.6) is 0 Å². The fourth-order valence-electron chi connectivity index (χ4n) is 3.91. The van der Waals surface area contributed by atoms with Crippen LogP contribution in [0.2, 0.25) is 0 Å². The lowest BCUT2D eigenvalue weighted by Gasteiger charge is -2.45. The molecular weight excluding hydrogens is 368 g/mol. The van der Waals surface area contributed by atoms with Crippen molar-refractivity contribution >= 4 is 11.8 Å². The number of hydrogen-bond acceptors (Lipinski definition) is 5. The number of likely N-dealkylation sites (tertiary alicyclic amines) is 1. The second-order valence-electron chi connectivity index (χ2n) is 8.89. The summed E-state index contributed by atoms with van der Waals surface area (Å²) >= 11 is 0. The third-order valence-corrected chi connectivity index (χ3v) is 5.73. The minimum Gasteiger partial charge on any atom is -0.375 e. The molecule has 0 saturated carbocycles. The molecule has 0 radical (unpaired) electrons. The molecule has 29 heavy (non-hydrogen) atoms. The summed E-state index contributed by atoms with van der Waals surface area (Å²) in [6, 6.07) is 7.73. The van der Waals surface area contributed by atoms with E-state index < -0.39 is 0 Å². The Labute approximate surface area is 171 Å². The van der Waals surface area contributed by atoms with E-state index in [2.05, 4.69) is 43.0 Å². The van der Waals surface area contributed by atoms with Gasteiger partial charge in [0.25, 0.3) is 0 Å². The first-order valence-corrected chi connectivity index (χ1v) is 10.2. The van der Waals surface area contributed by atoms with Gasteiger partial charge in [0.05, 0.1) is 24.4 Å². The van der Waals surface area contributed by atoms with E-state index in [1.807, 2.05) is 29.2 Å². The number of fused-ring (bicyclic) bond motifs is 1. The van der Waals surface area contributed by atoms with E-state index in [-0.39, 0.29) is 23.6 Å². The Kier molecular flexibility index (Phi) is 5.31. The Morgan fingerprint density at radius 3 is 2.83 bits per heavy atom. The zero-order chi connectivity index (χ0) is 20.6. The van der Waals surface area contributed by atoms with Gasteiger partial charge in [0.2, 0.25) is 0 Å². The molecule has 4 heterocycles. The Morgan fingerprint density at radius 2 is 2.10 bits per heavy atom. The van der Waals surface area contributed by atoms with Crippen LogP contribution in [0.1, 0.15) is 32.9 Å². The summed E-state index contributed by atoms with van der Waals surface area (Å²) in [6.45, 7) is 9.33. The molecule has 0 unspecified atom stereocenters. The molecule has 4 rings (SSSR count). The standard InChI is InChI=1S/C21H30N6O2/c1-21(2,3)17-13-19(27(24-17)18-7-5-6-9-22-18)23-20(28)26-10-8-16-15(14-26)25(4)11-12-29-16/h5-7,9,13,15-16H,8,10-12,14H2,1-4H3,(H,23,28)/t15-,16+/m1/s1. The van der Waals surface area contributed by atoms with Gasteiger partial charge in [0.15, 0.2) is 5.82 Å². The Balaban J connectivity index is 1.55. The Morgan fingerprint density at radius 1 is 1.28 bits per heavy atom. The number of piperidine rings is 1. The van der Waals surface area contributed by atoms with E-state index in [0.717, 1.165) is 25.3 Å². The number of carbonyl (C=O) groups is 1. The number of aromatic nitrogens is 3. The van der Waals surface area contributed by atoms with Gasteiger partial charge in [-0.2, -0.15) is 9.78 Å². The van der Waals surface area contributed by atoms with Crippen molar-refractivity contribution < 1.29 is 9.53 Å². The monoisotopic (exact) mass is 398 g/mol. The molecule has 8 nitrogen and oxygen atoms in total. The summed E-state index contributed by atoms with van der Waals surface area (Å²) < 4.78 is 7.60. The topological polar surface area (TPSA) is 75.5 Å². The summed E-state index contributed by atoms with van der Waals surface area (Å²) in [7, 11) is 2.10. The van der Waals surface area contributed by atoms with E-state index in [1.54, 1.807) is 10.9 Å². The van der Waals surface area contributed by atoms with Gasteiger partial charge in [-0.3, -0.25) is 10.2 Å². The van der Waals surface area contributed by atoms with Crippen LogP contribution in [-0.2, 0) is 10.2 Å². The van der Waals surface area contributed by atoms with Crippen LogP contribution in [-0.4, -0.2) is 76.0 Å². The molecule has 8 heteroatoms. The predicted molar refractivity (Wildman–Crippen MR) is 111 cm³/mol. The van der Waals surface area contributed by atoms with Crippen LogP contribution in [0.3, 0.4) is 0 Å². The van der Waals surface area contributed by atoms with E-state index in [9.17, 15) is 4.79 Å². The Bertz CT molecular complexity index is 860. The first-order valence-electron chi connectivity index (χ1n) is 10.2. The van der Waals surface area contributed by atoms with Gasteiger partial charge in [-0.25, -0.2) is 9.78 Å². The highest BCUT2D eigenvalue weighted by molar-refractivity contribution is 5.89. The Hall–Kier alpha value is -2.45. The number of morpholine rings is 1. The van der Waals surface area contributed by atoms with Crippen LogP contribution in [0.15, 0.2) is 30.5 Å². The maximum Gasteiger partial charge on any atom is 0.323 e. The van der Waals surface area contributed by atoms with Crippen LogP contribution in [0.4, 0.5) is 10.6 Å². The molecule has 2 fully saturated rings. The van der Waals surface area contributed by atoms with Gasteiger partial charge in [0, 0.05) is 37.3 Å². The summed E-state index contributed by atoms with van der Waals surface area (Å²) in [6.07, 6.45) is 2.79. The summed E-state index contributed by atoms with van der Waals surface area (Å²) in [5.74, 6) is 1.31. The average Bonchev–Trinajstić information content (AvgIpc) is 3.13. The lowest BCUT2D eigenvalue weighted by molar-refractivity contribution is -0.0875. The van der Waals surface area contributed by atoms with Crippen molar-refractivity contribution in [1.29, 1.82) is 0 Å². The second kappa shape index (κ2) is 7.76. The summed E-state index contributed by atoms with van der Waals surface area (Å²) in [4.78, 5) is 21.7. The molecule has 2 saturated heterocycles. The summed E-state index contributed by atoms with van der Waals surface area (Å²) in [5.41, 5.74) is 0.762. The quantitative estimate of drug-likeness (QED) is 0.841. The van der Waals surface area contributed by atoms with E-state index in [0.29, 0.717) is 24.7 Å². The number of urea groups is 1. The van der Waals surface area contributed by atoms with Gasteiger partial charge in [-0.05, 0) is 25.6 Å². The van der Waals surface area contributed by atoms with E-state index >= 15 is 0 Å². The second-order valence-corrected chi connectivity index (χ2v) is 8.89. The minimum absolute atomic E-state index is 0.111. The van der Waals surface area contributed by atoms with Crippen molar-refractivity contribution in [1.82, 2.24) is 24.6 Å². The molecule has 0 bridgehead atoms. The zero-order valence-corrected chi connectivity index (χ0v) is 17.6. The first-order chi connectivity index (χ1) is 13.8. The van der Waals surface area contributed by atoms with Gasteiger partial charge >= 0.3 is 6.03 Å². The largest absolute Gasteiger partial charge is 0.375 e. The molecular formula is C21H30N6O2. The van der Waals surface area contributed by atoms with E-state index in [4.69, 9.17) is 9.84 Å². The van der Waals surface area contributed by atoms with Gasteiger partial charge < -0.3 is 9.64 Å². The predicted octanol–water partition coefficient (Wildman–Crippen LogP) is 2.50. The number of rotatable bonds is 2. The molecule has 2 atom stereocenters. The summed E-state index contributed by atoms with van der Waals surface area (Å²) in [5, 5.41) is 7.79. The third kappa shape index (κ3) is 4.13. The maximum absolute atomic E-state index is 13.1. The number of hydrogen-bond donors (Lipinski definition) is 1. The highest BCUT2D eigenvalue weighted by Crippen LogP contribution is 2.27. The molecule has 0 spiro atoms. The number of ether oxygens (including phenoxy) is 1. The lowest BCUT2D eigenvalue weighted by Crippen LogP contribution is -2.60. The van der Waals surface area contributed by atoms with Crippen LogP contribution in [0.25, 0.3) is 5.82 Å². The van der Waals surface area contributed by atoms with E-state index in [1.165, 1.54) is 0 Å². The fraction of sp³-hybridized carbons (Fsp3) is 0.571. The molecule has 2 amide bonds. The first kappa shape index (κ1) is 19.8. The van der Waals surface area contributed by atoms with Crippen molar-refractivity contribution in [3.05, 3.63) is 36.2 Å². The lowest BCUT2D eigenvalue weighted by atomic mass is 9.92. The average molecular weight is 399 g/mol. The van der Waals surface area contributed by atoms with Crippen molar-refractivity contribution in [2.24, 2.45) is 0 Å². The van der Waals surface area contributed by atoms with Crippen molar-refractivity contribution in [3.63, 3.8) is 0 Å². The molecule has 1 N–H and O–H groups in total. The number of amides is 2. The zero-order valence-electron chi connectivity index (χ0n) is 17.6. The third-order valence-electron chi connectivity index (χ3n) is 5.73. The highest BCUT2D eigenvalue weighted by Gasteiger charge is 2.37. The normalized spacial score (nSPS) is 23.0. The molecule has 0 aromatic carbocycles. The van der Waals surface area contributed by atoms with Gasteiger partial charge in [-0.1, -0.05) is 26.8 Å². The molecule has 156 valence electrons.